The van der Waals surface area contributed by atoms with Gasteiger partial charge in [0.1, 0.15) is 17.7 Å². The number of aromatic nitrogens is 2. The summed E-state index contributed by atoms with van der Waals surface area (Å²) in [5, 5.41) is 12.5. The van der Waals surface area contributed by atoms with Gasteiger partial charge in [0.25, 0.3) is 5.91 Å². The zero-order valence-corrected chi connectivity index (χ0v) is 20.6. The molecule has 0 bridgehead atoms. The molecule has 1 saturated carbocycles. The molecule has 32 heavy (non-hydrogen) atoms. The summed E-state index contributed by atoms with van der Waals surface area (Å²) >= 11 is 0. The molecule has 1 amide bonds. The number of rotatable bonds is 5. The predicted octanol–water partition coefficient (Wildman–Crippen LogP) is 5.01. The highest BCUT2D eigenvalue weighted by Crippen LogP contribution is 2.55. The van der Waals surface area contributed by atoms with E-state index in [2.05, 4.69) is 49.0 Å². The summed E-state index contributed by atoms with van der Waals surface area (Å²) in [4.78, 5) is 22.0. The summed E-state index contributed by atoms with van der Waals surface area (Å²) in [5.41, 5.74) is 3.11. The Morgan fingerprint density at radius 3 is 2.16 bits per heavy atom. The van der Waals surface area contributed by atoms with Crippen molar-refractivity contribution in [1.29, 1.82) is 5.26 Å². The van der Waals surface area contributed by atoms with E-state index in [0.29, 0.717) is 16.8 Å². The maximum atomic E-state index is 13.1. The van der Waals surface area contributed by atoms with E-state index in [-0.39, 0.29) is 34.8 Å². The van der Waals surface area contributed by atoms with Crippen molar-refractivity contribution in [3.63, 3.8) is 0 Å². The molecule has 1 N–H and O–H groups in total. The molecule has 0 saturated heterocycles. The first kappa shape index (κ1) is 23.7. The summed E-state index contributed by atoms with van der Waals surface area (Å²) in [6.45, 7) is 18.2. The minimum atomic E-state index is -0.290. The van der Waals surface area contributed by atoms with Gasteiger partial charge in [-0.3, -0.25) is 4.79 Å². The van der Waals surface area contributed by atoms with Crippen molar-refractivity contribution in [2.75, 3.05) is 0 Å². The van der Waals surface area contributed by atoms with Crippen molar-refractivity contribution in [3.05, 3.63) is 52.1 Å². The van der Waals surface area contributed by atoms with Gasteiger partial charge in [0.15, 0.2) is 0 Å². The van der Waals surface area contributed by atoms with Gasteiger partial charge in [-0.15, -0.1) is 0 Å². The number of amides is 1. The van der Waals surface area contributed by atoms with Crippen LogP contribution in [0.5, 0.6) is 5.75 Å². The van der Waals surface area contributed by atoms with Crippen LogP contribution in [0.25, 0.3) is 0 Å². The van der Waals surface area contributed by atoms with Crippen molar-refractivity contribution in [2.45, 2.75) is 80.4 Å². The first-order valence-electron chi connectivity index (χ1n) is 11.1. The Labute approximate surface area is 191 Å². The van der Waals surface area contributed by atoms with Gasteiger partial charge >= 0.3 is 0 Å². The molecule has 3 rings (SSSR count). The molecule has 0 atom stereocenters. The fourth-order valence-electron chi connectivity index (χ4n) is 5.30. The number of aryl methyl sites for hydroxylation is 3. The number of nitriles is 1. The van der Waals surface area contributed by atoms with E-state index in [1.165, 1.54) is 0 Å². The van der Waals surface area contributed by atoms with Crippen LogP contribution >= 0.6 is 0 Å². The topological polar surface area (TPSA) is 87.9 Å². The van der Waals surface area contributed by atoms with Crippen LogP contribution in [0, 0.1) is 42.9 Å². The average Bonchev–Trinajstić information content (AvgIpc) is 2.69. The number of benzene rings is 1. The minimum absolute atomic E-state index is 0.0859. The van der Waals surface area contributed by atoms with Crippen LogP contribution in [-0.4, -0.2) is 28.0 Å². The highest BCUT2D eigenvalue weighted by molar-refractivity contribution is 5.95. The maximum absolute atomic E-state index is 13.1. The number of carbonyl (C=O) groups is 1. The Morgan fingerprint density at radius 2 is 1.69 bits per heavy atom. The third-order valence-corrected chi connectivity index (χ3v) is 6.75. The van der Waals surface area contributed by atoms with Gasteiger partial charge in [-0.25, -0.2) is 9.97 Å². The van der Waals surface area contributed by atoms with E-state index >= 15 is 0 Å². The highest BCUT2D eigenvalue weighted by atomic mass is 16.5. The van der Waals surface area contributed by atoms with Crippen molar-refractivity contribution < 1.29 is 9.53 Å². The lowest BCUT2D eigenvalue weighted by atomic mass is 9.49. The largest absolute Gasteiger partial charge is 0.489 e. The molecule has 0 aliphatic heterocycles. The van der Waals surface area contributed by atoms with Crippen LogP contribution in [0.15, 0.2) is 18.3 Å². The quantitative estimate of drug-likeness (QED) is 0.715. The van der Waals surface area contributed by atoms with Crippen molar-refractivity contribution in [1.82, 2.24) is 15.3 Å². The third kappa shape index (κ3) is 3.97. The molecule has 1 heterocycles. The third-order valence-electron chi connectivity index (χ3n) is 6.75. The number of hydrogen-bond donors (Lipinski definition) is 1. The lowest BCUT2D eigenvalue weighted by Gasteiger charge is -2.63. The standard InChI is InChI=1S/C26H34N4O2/c1-14(2)21-28-13-20(17(5)29-21)22(31)30-23-25(6,7)24(26(23,8)9)32-18-10-15(3)19(12-27)16(4)11-18/h10-11,13-14,23-24H,1-9H3,(H,30,31). The number of nitrogens with zero attached hydrogens (tertiary/aromatic N) is 3. The van der Waals surface area contributed by atoms with E-state index in [0.717, 1.165) is 22.7 Å². The lowest BCUT2D eigenvalue weighted by Crippen LogP contribution is -2.74. The summed E-state index contributed by atoms with van der Waals surface area (Å²) in [7, 11) is 0. The number of hydrogen-bond acceptors (Lipinski definition) is 5. The molecule has 1 aliphatic rings. The smallest absolute Gasteiger partial charge is 0.254 e. The van der Waals surface area contributed by atoms with Gasteiger partial charge in [-0.05, 0) is 44.0 Å². The molecule has 0 radical (unpaired) electrons. The van der Waals surface area contributed by atoms with Crippen LogP contribution in [0.4, 0.5) is 0 Å². The summed E-state index contributed by atoms with van der Waals surface area (Å²) in [5.74, 6) is 1.54. The van der Waals surface area contributed by atoms with Crippen LogP contribution in [0.2, 0.25) is 0 Å². The van der Waals surface area contributed by atoms with Crippen LogP contribution in [0.3, 0.4) is 0 Å². The van der Waals surface area contributed by atoms with Crippen LogP contribution in [-0.2, 0) is 0 Å². The first-order chi connectivity index (χ1) is 14.8. The molecule has 2 aromatic rings. The Morgan fingerprint density at radius 1 is 1.12 bits per heavy atom. The Bertz CT molecular complexity index is 1060. The van der Waals surface area contributed by atoms with Crippen molar-refractivity contribution >= 4 is 5.91 Å². The van der Waals surface area contributed by atoms with Crippen molar-refractivity contribution in [3.8, 4) is 11.8 Å². The fraction of sp³-hybridized carbons (Fsp3) is 0.538. The molecular formula is C26H34N4O2. The highest BCUT2D eigenvalue weighted by Gasteiger charge is 2.64. The van der Waals surface area contributed by atoms with Gasteiger partial charge in [-0.1, -0.05) is 41.5 Å². The SMILES string of the molecule is Cc1cc(OC2C(C)(C)C(NC(=O)c3cnc(C(C)C)nc3C)C2(C)C)cc(C)c1C#N. The Balaban J connectivity index is 1.80. The molecule has 1 fully saturated rings. The first-order valence-corrected chi connectivity index (χ1v) is 11.1. The molecular weight excluding hydrogens is 400 g/mol. The van der Waals surface area contributed by atoms with E-state index in [1.807, 2.05) is 46.8 Å². The number of nitrogens with one attached hydrogen (secondary N) is 1. The monoisotopic (exact) mass is 434 g/mol. The van der Waals surface area contributed by atoms with Gasteiger partial charge in [-0.2, -0.15) is 5.26 Å². The molecule has 0 spiro atoms. The van der Waals surface area contributed by atoms with E-state index in [9.17, 15) is 10.1 Å². The lowest BCUT2D eigenvalue weighted by molar-refractivity contribution is -0.164. The number of ether oxygens (including phenoxy) is 1. The summed E-state index contributed by atoms with van der Waals surface area (Å²) < 4.78 is 6.44. The van der Waals surface area contributed by atoms with Gasteiger partial charge < -0.3 is 10.1 Å². The average molecular weight is 435 g/mol. The number of carbonyl (C=O) groups excluding carboxylic acids is 1. The summed E-state index contributed by atoms with van der Waals surface area (Å²) in [6, 6.07) is 6.00. The normalized spacial score (nSPS) is 20.9. The second-order valence-corrected chi connectivity index (χ2v) is 10.5. The van der Waals surface area contributed by atoms with Gasteiger partial charge in [0, 0.05) is 29.0 Å². The molecule has 0 unspecified atom stereocenters. The van der Waals surface area contributed by atoms with Crippen molar-refractivity contribution in [2.24, 2.45) is 10.8 Å². The van der Waals surface area contributed by atoms with E-state index in [1.54, 1.807) is 6.20 Å². The zero-order valence-electron chi connectivity index (χ0n) is 20.6. The van der Waals surface area contributed by atoms with Crippen LogP contribution < -0.4 is 10.1 Å². The predicted molar refractivity (Wildman–Crippen MR) is 125 cm³/mol. The molecule has 6 heteroatoms. The maximum Gasteiger partial charge on any atom is 0.254 e. The fourth-order valence-corrected chi connectivity index (χ4v) is 5.30. The second-order valence-electron chi connectivity index (χ2n) is 10.5. The Hall–Kier alpha value is -2.94. The van der Waals surface area contributed by atoms with Crippen LogP contribution in [0.1, 0.15) is 86.0 Å². The zero-order chi connectivity index (χ0) is 24.0. The van der Waals surface area contributed by atoms with Gasteiger partial charge in [0.05, 0.1) is 22.9 Å². The van der Waals surface area contributed by atoms with E-state index in [4.69, 9.17) is 4.74 Å². The molecule has 1 aromatic carbocycles. The van der Waals surface area contributed by atoms with E-state index < -0.39 is 0 Å². The molecule has 6 nitrogen and oxygen atoms in total. The second kappa shape index (κ2) is 8.20. The molecule has 1 aliphatic carbocycles. The Kier molecular flexibility index (Phi) is 6.08. The molecule has 170 valence electrons. The summed E-state index contributed by atoms with van der Waals surface area (Å²) in [6.07, 6.45) is 1.52. The van der Waals surface area contributed by atoms with Gasteiger partial charge in [0.2, 0.25) is 0 Å². The minimum Gasteiger partial charge on any atom is -0.489 e. The molecule has 1 aromatic heterocycles.